The minimum absolute atomic E-state index is 0.00859. The molecule has 6 heteroatoms. The van der Waals surface area contributed by atoms with Gasteiger partial charge < -0.3 is 14.5 Å². The molecule has 0 radical (unpaired) electrons. The molecule has 2 rings (SSSR count). The van der Waals surface area contributed by atoms with Gasteiger partial charge in [0.15, 0.2) is 0 Å². The fraction of sp³-hybridized carbons (Fsp3) is 0.500. The maximum Gasteiger partial charge on any atom is 0.338 e. The van der Waals surface area contributed by atoms with E-state index in [9.17, 15) is 14.0 Å². The smallest absolute Gasteiger partial charge is 0.338 e. The lowest BCUT2D eigenvalue weighted by molar-refractivity contribution is -0.129. The minimum atomic E-state index is -0.613. The molecule has 22 heavy (non-hydrogen) atoms. The predicted molar refractivity (Wildman–Crippen MR) is 81.4 cm³/mol. The quantitative estimate of drug-likeness (QED) is 0.781. The second-order valence-electron chi connectivity index (χ2n) is 5.53. The first-order valence-corrected chi connectivity index (χ1v) is 7.41. The van der Waals surface area contributed by atoms with Gasteiger partial charge in [-0.2, -0.15) is 0 Å². The van der Waals surface area contributed by atoms with Gasteiger partial charge in [0.25, 0.3) is 0 Å². The molecule has 120 valence electrons. The average Bonchev–Trinajstić information content (AvgIpc) is 3.00. The maximum absolute atomic E-state index is 14.1. The molecular formula is C16H21FN2O3. The van der Waals surface area contributed by atoms with Crippen molar-refractivity contribution >= 4 is 17.6 Å². The molecule has 0 aromatic heterocycles. The van der Waals surface area contributed by atoms with E-state index in [1.165, 1.54) is 11.0 Å². The highest BCUT2D eigenvalue weighted by Gasteiger charge is 2.18. The van der Waals surface area contributed by atoms with Crippen molar-refractivity contribution in [3.63, 3.8) is 0 Å². The van der Waals surface area contributed by atoms with E-state index in [0.717, 1.165) is 25.9 Å². The largest absolute Gasteiger partial charge is 0.462 e. The second-order valence-corrected chi connectivity index (χ2v) is 5.53. The first-order valence-electron chi connectivity index (χ1n) is 7.41. The van der Waals surface area contributed by atoms with E-state index < -0.39 is 11.8 Å². The number of esters is 1. The van der Waals surface area contributed by atoms with Crippen molar-refractivity contribution in [3.8, 4) is 0 Å². The summed E-state index contributed by atoms with van der Waals surface area (Å²) in [4.78, 5) is 26.6. The van der Waals surface area contributed by atoms with E-state index >= 15 is 0 Å². The molecule has 5 nitrogen and oxygen atoms in total. The third-order valence-electron chi connectivity index (χ3n) is 3.68. The van der Waals surface area contributed by atoms with E-state index in [0.29, 0.717) is 5.69 Å². The van der Waals surface area contributed by atoms with Gasteiger partial charge >= 0.3 is 5.97 Å². The van der Waals surface area contributed by atoms with Crippen LogP contribution in [0.25, 0.3) is 0 Å². The Morgan fingerprint density at radius 3 is 2.55 bits per heavy atom. The lowest BCUT2D eigenvalue weighted by atomic mass is 10.2. The fourth-order valence-corrected chi connectivity index (χ4v) is 2.39. The molecule has 0 spiro atoms. The molecule has 0 unspecified atom stereocenters. The zero-order valence-electron chi connectivity index (χ0n) is 13.0. The van der Waals surface area contributed by atoms with E-state index in [1.54, 1.807) is 26.2 Å². The Labute approximate surface area is 129 Å². The van der Waals surface area contributed by atoms with E-state index in [4.69, 9.17) is 4.74 Å². The highest BCUT2D eigenvalue weighted by Crippen LogP contribution is 2.24. The fourth-order valence-electron chi connectivity index (χ4n) is 2.39. The third-order valence-corrected chi connectivity index (χ3v) is 3.68. The summed E-state index contributed by atoms with van der Waals surface area (Å²) in [5, 5.41) is 0. The van der Waals surface area contributed by atoms with E-state index in [-0.39, 0.29) is 24.5 Å². The Morgan fingerprint density at radius 2 is 1.95 bits per heavy atom. The summed E-state index contributed by atoms with van der Waals surface area (Å²) in [5.74, 6) is -1.15. The number of rotatable bonds is 5. The van der Waals surface area contributed by atoms with Gasteiger partial charge in [0.2, 0.25) is 5.91 Å². The highest BCUT2D eigenvalue weighted by atomic mass is 19.1. The van der Waals surface area contributed by atoms with Crippen molar-refractivity contribution in [2.24, 2.45) is 0 Å². The molecule has 0 bridgehead atoms. The summed E-state index contributed by atoms with van der Waals surface area (Å²) >= 11 is 0. The van der Waals surface area contributed by atoms with Crippen LogP contribution in [-0.2, 0) is 9.53 Å². The summed E-state index contributed by atoms with van der Waals surface area (Å²) in [5.41, 5.74) is 0.689. The van der Waals surface area contributed by atoms with Crippen LogP contribution in [0.3, 0.4) is 0 Å². The molecule has 1 heterocycles. The monoisotopic (exact) mass is 308 g/mol. The summed E-state index contributed by atoms with van der Waals surface area (Å²) in [6.45, 7) is 1.67. The topological polar surface area (TPSA) is 49.9 Å². The van der Waals surface area contributed by atoms with Gasteiger partial charge in [-0.25, -0.2) is 9.18 Å². The van der Waals surface area contributed by atoms with Crippen LogP contribution >= 0.6 is 0 Å². The Kier molecular flexibility index (Phi) is 5.35. The zero-order valence-corrected chi connectivity index (χ0v) is 13.0. The summed E-state index contributed by atoms with van der Waals surface area (Å²) in [6, 6.07) is 4.37. The molecule has 1 fully saturated rings. The van der Waals surface area contributed by atoms with Gasteiger partial charge in [-0.3, -0.25) is 4.79 Å². The molecule has 0 atom stereocenters. The number of benzene rings is 1. The van der Waals surface area contributed by atoms with Crippen molar-refractivity contribution in [3.05, 3.63) is 29.6 Å². The number of carbonyl (C=O) groups is 2. The number of carbonyl (C=O) groups excluding carboxylic acids is 2. The number of hydrogen-bond donors (Lipinski definition) is 0. The molecule has 0 saturated carbocycles. The average molecular weight is 308 g/mol. The van der Waals surface area contributed by atoms with Gasteiger partial charge in [0, 0.05) is 27.2 Å². The van der Waals surface area contributed by atoms with Crippen LogP contribution in [0.1, 0.15) is 29.6 Å². The van der Waals surface area contributed by atoms with Crippen LogP contribution in [0.15, 0.2) is 18.2 Å². The molecule has 1 aromatic carbocycles. The van der Waals surface area contributed by atoms with E-state index in [1.807, 2.05) is 4.90 Å². The van der Waals surface area contributed by atoms with Crippen LogP contribution in [0.4, 0.5) is 10.1 Å². The number of ether oxygens (including phenoxy) is 1. The van der Waals surface area contributed by atoms with Gasteiger partial charge in [-0.15, -0.1) is 0 Å². The van der Waals surface area contributed by atoms with Crippen molar-refractivity contribution in [1.29, 1.82) is 0 Å². The Balaban J connectivity index is 1.93. The third kappa shape index (κ3) is 3.96. The molecule has 1 aliphatic rings. The van der Waals surface area contributed by atoms with Gasteiger partial charge in [-0.05, 0) is 31.0 Å². The molecule has 1 aliphatic heterocycles. The van der Waals surface area contributed by atoms with Gasteiger partial charge in [0.1, 0.15) is 12.4 Å². The second kappa shape index (κ2) is 7.24. The number of hydrogen-bond acceptors (Lipinski definition) is 4. The number of nitrogens with zero attached hydrogens (tertiary/aromatic N) is 2. The molecule has 1 amide bonds. The first-order chi connectivity index (χ1) is 10.5. The summed E-state index contributed by atoms with van der Waals surface area (Å²) in [7, 11) is 3.27. The van der Waals surface area contributed by atoms with Crippen LogP contribution in [0, 0.1) is 5.82 Å². The van der Waals surface area contributed by atoms with Crippen molar-refractivity contribution < 1.29 is 18.7 Å². The molecule has 1 saturated heterocycles. The van der Waals surface area contributed by atoms with Gasteiger partial charge in [-0.1, -0.05) is 0 Å². The van der Waals surface area contributed by atoms with Crippen molar-refractivity contribution in [1.82, 2.24) is 4.90 Å². The standard InChI is InChI=1S/C16H21FN2O3/c1-18(2)15(20)7-10-22-16(21)12-5-6-14(13(17)11-12)19-8-3-4-9-19/h5-6,11H,3-4,7-10H2,1-2H3. The molecule has 0 aliphatic carbocycles. The number of anilines is 1. The van der Waals surface area contributed by atoms with Gasteiger partial charge in [0.05, 0.1) is 17.7 Å². The molecular weight excluding hydrogens is 287 g/mol. The highest BCUT2D eigenvalue weighted by molar-refractivity contribution is 5.90. The SMILES string of the molecule is CN(C)C(=O)CCOC(=O)c1ccc(N2CCCC2)c(F)c1. The van der Waals surface area contributed by atoms with Crippen molar-refractivity contribution in [2.75, 3.05) is 38.7 Å². The molecule has 1 aromatic rings. The lowest BCUT2D eigenvalue weighted by Crippen LogP contribution is -2.23. The Morgan fingerprint density at radius 1 is 1.27 bits per heavy atom. The predicted octanol–water partition coefficient (Wildman–Crippen LogP) is 2.06. The van der Waals surface area contributed by atoms with Crippen LogP contribution < -0.4 is 4.90 Å². The number of amides is 1. The summed E-state index contributed by atoms with van der Waals surface area (Å²) < 4.78 is 19.1. The van der Waals surface area contributed by atoms with Crippen LogP contribution in [-0.4, -0.2) is 50.6 Å². The lowest BCUT2D eigenvalue weighted by Gasteiger charge is -2.18. The van der Waals surface area contributed by atoms with Crippen LogP contribution in [0.2, 0.25) is 0 Å². The van der Waals surface area contributed by atoms with Crippen molar-refractivity contribution in [2.45, 2.75) is 19.3 Å². The Hall–Kier alpha value is -2.11. The van der Waals surface area contributed by atoms with Crippen LogP contribution in [0.5, 0.6) is 0 Å². The number of halogens is 1. The first kappa shape index (κ1) is 16.3. The van der Waals surface area contributed by atoms with E-state index in [2.05, 4.69) is 0 Å². The normalized spacial score (nSPS) is 14.0. The zero-order chi connectivity index (χ0) is 16.1. The minimum Gasteiger partial charge on any atom is -0.462 e. The maximum atomic E-state index is 14.1. The summed E-state index contributed by atoms with van der Waals surface area (Å²) in [6.07, 6.45) is 2.24. The Bertz CT molecular complexity index is 554. The molecule has 0 N–H and O–H groups in total.